The van der Waals surface area contributed by atoms with Gasteiger partial charge >= 0.3 is 5.97 Å². The smallest absolute Gasteiger partial charge is 0.339 e. The van der Waals surface area contributed by atoms with Crippen LogP contribution in [0.4, 0.5) is 27.6 Å². The van der Waals surface area contributed by atoms with E-state index in [9.17, 15) is 50.2 Å². The number of sulfonamides is 1. The first kappa shape index (κ1) is 35.8. The number of halogens is 6. The van der Waals surface area contributed by atoms with Crippen molar-refractivity contribution in [3.05, 3.63) is 123 Å². The van der Waals surface area contributed by atoms with Gasteiger partial charge in [-0.25, -0.2) is 35.2 Å². The minimum atomic E-state index is -5.63. The van der Waals surface area contributed by atoms with Gasteiger partial charge in [0.1, 0.15) is 11.3 Å². The first-order valence-electron chi connectivity index (χ1n) is 14.9. The number of hydrogen-bond donors (Lipinski definition) is 2. The van der Waals surface area contributed by atoms with E-state index in [0.29, 0.717) is 5.56 Å². The molecule has 2 N–H and O–H groups in total. The molecule has 0 radical (unpaired) electrons. The lowest BCUT2D eigenvalue weighted by Crippen LogP contribution is -2.43. The third-order valence-corrected chi connectivity index (χ3v) is 10.4. The van der Waals surface area contributed by atoms with E-state index >= 15 is 0 Å². The fraction of sp³-hybridized carbons (Fsp3) is 0.235. The SMILES string of the molecule is O=C(O)c1ccc(N(Cc2cccc(C3CCCC3)c2)C(=O)CN(Cc2ccc(Cl)cc2)S(=O)(=O)c2c(F)c(F)c(F)c(F)c2F)cc1O. The first-order chi connectivity index (χ1) is 23.2. The average Bonchev–Trinajstić information content (AvgIpc) is 3.61. The monoisotopic (exact) mass is 722 g/mol. The number of benzene rings is 4. The molecule has 0 atom stereocenters. The summed E-state index contributed by atoms with van der Waals surface area (Å²) >= 11 is 5.92. The lowest BCUT2D eigenvalue weighted by atomic mass is 9.96. The Morgan fingerprint density at radius 3 is 2.00 bits per heavy atom. The molecule has 1 fully saturated rings. The summed E-state index contributed by atoms with van der Waals surface area (Å²) < 4.78 is 99.8. The molecule has 4 aromatic rings. The van der Waals surface area contributed by atoms with Crippen molar-refractivity contribution in [2.75, 3.05) is 11.4 Å². The fourth-order valence-electron chi connectivity index (χ4n) is 5.78. The summed E-state index contributed by atoms with van der Waals surface area (Å²) in [6.07, 6.45) is 4.03. The number of amides is 1. The van der Waals surface area contributed by atoms with E-state index in [2.05, 4.69) is 0 Å². The molecule has 0 aromatic heterocycles. The van der Waals surface area contributed by atoms with E-state index < -0.39 is 80.3 Å². The molecule has 8 nitrogen and oxygen atoms in total. The Kier molecular flexibility index (Phi) is 10.6. The number of anilines is 1. The van der Waals surface area contributed by atoms with Crippen molar-refractivity contribution in [3.63, 3.8) is 0 Å². The van der Waals surface area contributed by atoms with Crippen LogP contribution in [-0.4, -0.2) is 41.4 Å². The molecule has 15 heteroatoms. The van der Waals surface area contributed by atoms with Crippen LogP contribution in [0.25, 0.3) is 0 Å². The number of aromatic carboxylic acids is 1. The number of carbonyl (C=O) groups is 2. The zero-order valence-corrected chi connectivity index (χ0v) is 27.0. The van der Waals surface area contributed by atoms with E-state index in [4.69, 9.17) is 11.6 Å². The number of carbonyl (C=O) groups excluding carboxylic acids is 1. The van der Waals surface area contributed by atoms with Crippen molar-refractivity contribution < 1.29 is 50.2 Å². The van der Waals surface area contributed by atoms with Crippen LogP contribution < -0.4 is 4.90 Å². The van der Waals surface area contributed by atoms with Crippen molar-refractivity contribution in [3.8, 4) is 5.75 Å². The molecule has 1 amide bonds. The predicted octanol–water partition coefficient (Wildman–Crippen LogP) is 7.52. The summed E-state index contributed by atoms with van der Waals surface area (Å²) in [5.41, 5.74) is 1.16. The Bertz CT molecular complexity index is 2000. The van der Waals surface area contributed by atoms with Gasteiger partial charge in [-0.15, -0.1) is 0 Å². The maximum Gasteiger partial charge on any atom is 0.339 e. The van der Waals surface area contributed by atoms with E-state index in [1.165, 1.54) is 30.3 Å². The second-order valence-corrected chi connectivity index (χ2v) is 13.8. The molecule has 49 heavy (non-hydrogen) atoms. The number of phenols is 1. The number of nitrogens with zero attached hydrogens (tertiary/aromatic N) is 2. The Morgan fingerprint density at radius 1 is 0.796 bits per heavy atom. The van der Waals surface area contributed by atoms with E-state index in [1.807, 2.05) is 12.1 Å². The van der Waals surface area contributed by atoms with Crippen LogP contribution in [0.1, 0.15) is 58.6 Å². The van der Waals surface area contributed by atoms with Crippen LogP contribution in [0, 0.1) is 29.1 Å². The molecule has 5 rings (SSSR count). The van der Waals surface area contributed by atoms with Crippen LogP contribution >= 0.6 is 11.6 Å². The molecule has 1 aliphatic carbocycles. The van der Waals surface area contributed by atoms with Crippen LogP contribution in [0.3, 0.4) is 0 Å². The molecular weight excluding hydrogens is 695 g/mol. The highest BCUT2D eigenvalue weighted by molar-refractivity contribution is 7.89. The molecule has 0 bridgehead atoms. The number of carboxylic acid groups (broad SMARTS) is 1. The fourth-order valence-corrected chi connectivity index (χ4v) is 7.39. The minimum Gasteiger partial charge on any atom is -0.507 e. The average molecular weight is 723 g/mol. The lowest BCUT2D eigenvalue weighted by Gasteiger charge is -2.28. The maximum atomic E-state index is 14.9. The number of aromatic hydroxyl groups is 1. The quantitative estimate of drug-likeness (QED) is 0.0941. The van der Waals surface area contributed by atoms with E-state index in [-0.39, 0.29) is 33.0 Å². The summed E-state index contributed by atoms with van der Waals surface area (Å²) in [7, 11) is -5.63. The molecule has 1 aliphatic rings. The third kappa shape index (κ3) is 7.56. The molecule has 258 valence electrons. The van der Waals surface area contributed by atoms with Gasteiger partial charge in [-0.05, 0) is 59.7 Å². The van der Waals surface area contributed by atoms with Gasteiger partial charge in [0.15, 0.2) is 28.2 Å². The highest BCUT2D eigenvalue weighted by atomic mass is 35.5. The summed E-state index contributed by atoms with van der Waals surface area (Å²) in [6, 6.07) is 15.9. The van der Waals surface area contributed by atoms with Gasteiger partial charge in [-0.1, -0.05) is 60.8 Å². The summed E-state index contributed by atoms with van der Waals surface area (Å²) in [5.74, 6) is -15.7. The van der Waals surface area contributed by atoms with E-state index in [0.717, 1.165) is 48.3 Å². The molecule has 1 saturated carbocycles. The maximum absolute atomic E-state index is 14.9. The highest BCUT2D eigenvalue weighted by Crippen LogP contribution is 2.35. The Labute approximate surface area is 283 Å². The zero-order valence-electron chi connectivity index (χ0n) is 25.5. The Balaban J connectivity index is 1.59. The summed E-state index contributed by atoms with van der Waals surface area (Å²) in [5, 5.41) is 20.1. The molecular formula is C34H28ClF5N2O6S. The van der Waals surface area contributed by atoms with Gasteiger partial charge in [-0.2, -0.15) is 4.31 Å². The standard InChI is InChI=1S/C34H28ClF5N2O6S/c35-23-10-8-19(9-11-23)16-41(49(47,48)33-31(39)29(37)28(36)30(38)32(33)40)18-27(44)42(24-12-13-25(34(45)46)26(43)15-24)17-20-4-3-7-22(14-20)21-5-1-2-6-21/h3-4,7-15,21,43H,1-2,5-6,16-18H2,(H,45,46). The van der Waals surface area contributed by atoms with Crippen molar-refractivity contribution in [2.24, 2.45) is 0 Å². The van der Waals surface area contributed by atoms with Crippen molar-refractivity contribution in [2.45, 2.75) is 49.6 Å². The van der Waals surface area contributed by atoms with Gasteiger partial charge in [0.05, 0.1) is 13.1 Å². The van der Waals surface area contributed by atoms with Crippen molar-refractivity contribution >= 4 is 39.2 Å². The van der Waals surface area contributed by atoms with E-state index in [1.54, 1.807) is 12.1 Å². The van der Waals surface area contributed by atoms with Crippen LogP contribution in [0.15, 0.2) is 71.6 Å². The van der Waals surface area contributed by atoms with Crippen LogP contribution in [0.5, 0.6) is 5.75 Å². The predicted molar refractivity (Wildman–Crippen MR) is 169 cm³/mol. The molecule has 0 saturated heterocycles. The van der Waals surface area contributed by atoms with Gasteiger partial charge < -0.3 is 15.1 Å². The second kappa shape index (κ2) is 14.5. The second-order valence-electron chi connectivity index (χ2n) is 11.5. The van der Waals surface area contributed by atoms with Gasteiger partial charge in [0.25, 0.3) is 0 Å². The molecule has 0 aliphatic heterocycles. The molecule has 0 spiro atoms. The third-order valence-electron chi connectivity index (χ3n) is 8.29. The first-order valence-corrected chi connectivity index (χ1v) is 16.7. The minimum absolute atomic E-state index is 0.0705. The number of rotatable bonds is 11. The van der Waals surface area contributed by atoms with Crippen molar-refractivity contribution in [1.82, 2.24) is 4.31 Å². The molecule has 0 unspecified atom stereocenters. The topological polar surface area (TPSA) is 115 Å². The summed E-state index contributed by atoms with van der Waals surface area (Å²) in [6.45, 7) is -2.18. The largest absolute Gasteiger partial charge is 0.507 e. The lowest BCUT2D eigenvalue weighted by molar-refractivity contribution is -0.119. The Hall–Kier alpha value is -4.53. The van der Waals surface area contributed by atoms with Gasteiger partial charge in [-0.3, -0.25) is 4.79 Å². The highest BCUT2D eigenvalue weighted by Gasteiger charge is 2.39. The Morgan fingerprint density at radius 2 is 1.41 bits per heavy atom. The normalized spacial score (nSPS) is 13.6. The molecule has 4 aromatic carbocycles. The van der Waals surface area contributed by atoms with Crippen LogP contribution in [-0.2, 0) is 27.9 Å². The van der Waals surface area contributed by atoms with Gasteiger partial charge in [0.2, 0.25) is 21.7 Å². The zero-order chi connectivity index (χ0) is 35.6. The van der Waals surface area contributed by atoms with Gasteiger partial charge in [0, 0.05) is 23.3 Å². The number of carboxylic acids is 1. The van der Waals surface area contributed by atoms with Crippen molar-refractivity contribution in [1.29, 1.82) is 0 Å². The number of hydrogen-bond acceptors (Lipinski definition) is 5. The van der Waals surface area contributed by atoms with Crippen LogP contribution in [0.2, 0.25) is 5.02 Å². The molecule has 0 heterocycles. The summed E-state index contributed by atoms with van der Waals surface area (Å²) in [4.78, 5) is 24.5.